The van der Waals surface area contributed by atoms with E-state index in [0.29, 0.717) is 11.3 Å². The van der Waals surface area contributed by atoms with E-state index in [4.69, 9.17) is 4.74 Å². The number of Topliss-reactive ketones (excluding diaryl/α,β-unsaturated/α-hetero) is 1. The van der Waals surface area contributed by atoms with Gasteiger partial charge in [0, 0.05) is 29.7 Å². The number of carbonyl (C=O) groups excluding carboxylic acids is 1. The Morgan fingerprint density at radius 1 is 1.24 bits per heavy atom. The second-order valence-electron chi connectivity index (χ2n) is 5.75. The minimum atomic E-state index is 0.0953. The Kier molecular flexibility index (Phi) is 6.63. The van der Waals surface area contributed by atoms with Crippen molar-refractivity contribution in [1.29, 1.82) is 0 Å². The third-order valence-corrected chi connectivity index (χ3v) is 5.57. The SMILES string of the molecule is CCn1c(CN2CCOCC2)nnc1SCC(=O)c1ccc(Br)cc1. The third kappa shape index (κ3) is 4.91. The van der Waals surface area contributed by atoms with Crippen LogP contribution in [0.25, 0.3) is 0 Å². The van der Waals surface area contributed by atoms with Crippen LogP contribution in [0.15, 0.2) is 33.9 Å². The number of carbonyl (C=O) groups is 1. The molecule has 0 bridgehead atoms. The van der Waals surface area contributed by atoms with E-state index in [1.165, 1.54) is 11.8 Å². The van der Waals surface area contributed by atoms with Gasteiger partial charge in [-0.25, -0.2) is 0 Å². The number of thioether (sulfide) groups is 1. The second-order valence-corrected chi connectivity index (χ2v) is 7.61. The summed E-state index contributed by atoms with van der Waals surface area (Å²) in [6.07, 6.45) is 0. The largest absolute Gasteiger partial charge is 0.379 e. The number of aromatic nitrogens is 3. The first-order valence-corrected chi connectivity index (χ1v) is 10.1. The molecule has 0 N–H and O–H groups in total. The topological polar surface area (TPSA) is 60.2 Å². The van der Waals surface area contributed by atoms with Gasteiger partial charge in [0.25, 0.3) is 0 Å². The quantitative estimate of drug-likeness (QED) is 0.502. The van der Waals surface area contributed by atoms with Crippen LogP contribution in [0.5, 0.6) is 0 Å². The van der Waals surface area contributed by atoms with Crippen molar-refractivity contribution in [3.8, 4) is 0 Å². The highest BCUT2D eigenvalue weighted by molar-refractivity contribution is 9.10. The minimum absolute atomic E-state index is 0.0953. The van der Waals surface area contributed by atoms with Crippen molar-refractivity contribution >= 4 is 33.5 Å². The summed E-state index contributed by atoms with van der Waals surface area (Å²) >= 11 is 4.83. The fourth-order valence-electron chi connectivity index (χ4n) is 2.67. The van der Waals surface area contributed by atoms with Gasteiger partial charge in [-0.1, -0.05) is 39.8 Å². The van der Waals surface area contributed by atoms with Crippen molar-refractivity contribution in [3.05, 3.63) is 40.1 Å². The molecule has 1 fully saturated rings. The molecule has 2 heterocycles. The monoisotopic (exact) mass is 424 g/mol. The van der Waals surface area contributed by atoms with Crippen LogP contribution in [0.2, 0.25) is 0 Å². The van der Waals surface area contributed by atoms with Gasteiger partial charge in [-0.3, -0.25) is 9.69 Å². The molecule has 0 saturated carbocycles. The molecule has 0 amide bonds. The van der Waals surface area contributed by atoms with Crippen molar-refractivity contribution < 1.29 is 9.53 Å². The normalized spacial score (nSPS) is 15.4. The minimum Gasteiger partial charge on any atom is -0.379 e. The molecule has 0 unspecified atom stereocenters. The van der Waals surface area contributed by atoms with Crippen LogP contribution in [-0.4, -0.2) is 57.5 Å². The van der Waals surface area contributed by atoms with Crippen LogP contribution < -0.4 is 0 Å². The van der Waals surface area contributed by atoms with Crippen LogP contribution in [-0.2, 0) is 17.8 Å². The Balaban J connectivity index is 1.62. The predicted octanol–water partition coefficient (Wildman–Crippen LogP) is 2.87. The Morgan fingerprint density at radius 3 is 2.64 bits per heavy atom. The van der Waals surface area contributed by atoms with Gasteiger partial charge in [-0.2, -0.15) is 0 Å². The van der Waals surface area contributed by atoms with E-state index in [-0.39, 0.29) is 5.78 Å². The Bertz CT molecular complexity index is 714. The highest BCUT2D eigenvalue weighted by atomic mass is 79.9. The van der Waals surface area contributed by atoms with Crippen LogP contribution in [0.3, 0.4) is 0 Å². The number of rotatable bonds is 7. The summed E-state index contributed by atoms with van der Waals surface area (Å²) in [7, 11) is 0. The number of ether oxygens (including phenoxy) is 1. The zero-order chi connectivity index (χ0) is 17.6. The molecule has 25 heavy (non-hydrogen) atoms. The highest BCUT2D eigenvalue weighted by Gasteiger charge is 2.18. The first-order chi connectivity index (χ1) is 12.2. The number of morpholine rings is 1. The molecule has 0 spiro atoms. The van der Waals surface area contributed by atoms with Crippen molar-refractivity contribution in [2.24, 2.45) is 0 Å². The standard InChI is InChI=1S/C17H21BrN4O2S/c1-2-22-16(11-21-7-9-24-10-8-21)19-20-17(22)25-12-15(23)13-3-5-14(18)6-4-13/h3-6H,2,7-12H2,1H3. The molecule has 1 aliphatic rings. The summed E-state index contributed by atoms with van der Waals surface area (Å²) in [6, 6.07) is 7.43. The molecule has 134 valence electrons. The van der Waals surface area contributed by atoms with E-state index in [1.54, 1.807) is 0 Å². The van der Waals surface area contributed by atoms with Crippen LogP contribution in [0.1, 0.15) is 23.1 Å². The fourth-order valence-corrected chi connectivity index (χ4v) is 3.85. The van der Waals surface area contributed by atoms with E-state index >= 15 is 0 Å². The van der Waals surface area contributed by atoms with E-state index in [9.17, 15) is 4.79 Å². The summed E-state index contributed by atoms with van der Waals surface area (Å²) in [5, 5.41) is 9.43. The maximum absolute atomic E-state index is 12.3. The lowest BCUT2D eigenvalue weighted by atomic mass is 10.2. The number of hydrogen-bond acceptors (Lipinski definition) is 6. The van der Waals surface area contributed by atoms with E-state index in [0.717, 1.165) is 54.8 Å². The molecule has 0 aliphatic carbocycles. The summed E-state index contributed by atoms with van der Waals surface area (Å²) in [6.45, 7) is 7.01. The zero-order valence-corrected chi connectivity index (χ0v) is 16.6. The Morgan fingerprint density at radius 2 is 1.96 bits per heavy atom. The third-order valence-electron chi connectivity index (χ3n) is 4.08. The van der Waals surface area contributed by atoms with Gasteiger partial charge in [0.1, 0.15) is 5.82 Å². The average molecular weight is 425 g/mol. The zero-order valence-electron chi connectivity index (χ0n) is 14.2. The molecular formula is C17H21BrN4O2S. The summed E-state index contributed by atoms with van der Waals surface area (Å²) < 4.78 is 8.44. The van der Waals surface area contributed by atoms with E-state index in [2.05, 4.69) is 42.5 Å². The lowest BCUT2D eigenvalue weighted by Gasteiger charge is -2.26. The second kappa shape index (κ2) is 8.93. The van der Waals surface area contributed by atoms with Gasteiger partial charge in [0.05, 0.1) is 25.5 Å². The maximum atomic E-state index is 12.3. The van der Waals surface area contributed by atoms with Gasteiger partial charge in [0.2, 0.25) is 0 Å². The lowest BCUT2D eigenvalue weighted by Crippen LogP contribution is -2.36. The van der Waals surface area contributed by atoms with Crippen LogP contribution in [0.4, 0.5) is 0 Å². The Hall–Kier alpha value is -1.22. The van der Waals surface area contributed by atoms with Crippen LogP contribution >= 0.6 is 27.7 Å². The maximum Gasteiger partial charge on any atom is 0.191 e. The average Bonchev–Trinajstić information content (AvgIpc) is 3.02. The fraction of sp³-hybridized carbons (Fsp3) is 0.471. The van der Waals surface area contributed by atoms with Crippen molar-refractivity contribution in [2.75, 3.05) is 32.1 Å². The number of nitrogens with zero attached hydrogens (tertiary/aromatic N) is 4. The smallest absolute Gasteiger partial charge is 0.191 e. The van der Waals surface area contributed by atoms with Gasteiger partial charge < -0.3 is 9.30 Å². The van der Waals surface area contributed by atoms with E-state index in [1.807, 2.05) is 24.3 Å². The first-order valence-electron chi connectivity index (χ1n) is 8.31. The molecule has 1 aromatic heterocycles. The number of benzene rings is 1. The molecule has 1 aliphatic heterocycles. The van der Waals surface area contributed by atoms with Gasteiger partial charge in [-0.05, 0) is 19.1 Å². The molecule has 1 saturated heterocycles. The van der Waals surface area contributed by atoms with Crippen LogP contribution in [0, 0.1) is 0 Å². The number of ketones is 1. The van der Waals surface area contributed by atoms with Gasteiger partial charge >= 0.3 is 0 Å². The molecule has 0 radical (unpaired) electrons. The van der Waals surface area contributed by atoms with Gasteiger partial charge in [-0.15, -0.1) is 10.2 Å². The number of hydrogen-bond donors (Lipinski definition) is 0. The van der Waals surface area contributed by atoms with Crippen molar-refractivity contribution in [1.82, 2.24) is 19.7 Å². The molecule has 2 aromatic rings. The van der Waals surface area contributed by atoms with Crippen molar-refractivity contribution in [3.63, 3.8) is 0 Å². The summed E-state index contributed by atoms with van der Waals surface area (Å²) in [5.74, 6) is 1.40. The Labute approximate surface area is 160 Å². The molecular weight excluding hydrogens is 404 g/mol. The molecule has 6 nitrogen and oxygen atoms in total. The highest BCUT2D eigenvalue weighted by Crippen LogP contribution is 2.20. The summed E-state index contributed by atoms with van der Waals surface area (Å²) in [4.78, 5) is 14.7. The lowest BCUT2D eigenvalue weighted by molar-refractivity contribution is 0.0325. The number of halogens is 1. The predicted molar refractivity (Wildman–Crippen MR) is 101 cm³/mol. The van der Waals surface area contributed by atoms with E-state index < -0.39 is 0 Å². The summed E-state index contributed by atoms with van der Waals surface area (Å²) in [5.41, 5.74) is 0.715. The first kappa shape index (κ1) is 18.6. The molecule has 3 rings (SSSR count). The molecule has 8 heteroatoms. The molecule has 1 aromatic carbocycles. The molecule has 0 atom stereocenters. The van der Waals surface area contributed by atoms with Crippen molar-refractivity contribution in [2.45, 2.75) is 25.2 Å². The van der Waals surface area contributed by atoms with Gasteiger partial charge in [0.15, 0.2) is 10.9 Å².